The lowest BCUT2D eigenvalue weighted by molar-refractivity contribution is -0.148. The molecular formula is C35H60N4O14. The van der Waals surface area contributed by atoms with Crippen LogP contribution in [0.3, 0.4) is 0 Å². The van der Waals surface area contributed by atoms with Gasteiger partial charge in [0.25, 0.3) is 0 Å². The standard InChI is InChI=1S/C34H56N4O13.CH4O/c1-2-49-18-19-50-20-21-51-28-8-6-26(7-9-28)4-3-5-29(32(43)44)36-12-10-35(27(22-39)23-40)11-13-37(30(24-41)33(45)46)16-17-38(15-14-36)31(25-42)34(47)48;1-2/h6-9,22,27,29-31,40-42H,2-5,10-21,23-25H2,1H3,(H,43,44)(H,45,46)(H,47,48);2H,1H3. The van der Waals surface area contributed by atoms with Gasteiger partial charge in [0.1, 0.15) is 36.8 Å². The third-order valence-electron chi connectivity index (χ3n) is 8.97. The molecule has 1 saturated heterocycles. The molecule has 1 aromatic carbocycles. The average molecular weight is 761 g/mol. The number of carbonyl (C=O) groups excluding carboxylic acids is 1. The molecule has 53 heavy (non-hydrogen) atoms. The van der Waals surface area contributed by atoms with E-state index < -0.39 is 61.9 Å². The molecule has 0 radical (unpaired) electrons. The van der Waals surface area contributed by atoms with Gasteiger partial charge in [-0.1, -0.05) is 12.1 Å². The first-order valence-corrected chi connectivity index (χ1v) is 17.8. The Hall–Kier alpha value is -3.30. The SMILES string of the molecule is CCOCCOCCOc1ccc(CCCC(C(=O)O)N2CCN(C(C=O)CO)CCN(C(CO)C(=O)O)CCN(C(CO)C(=O)O)CC2)cc1.CO. The highest BCUT2D eigenvalue weighted by molar-refractivity contribution is 5.74. The smallest absolute Gasteiger partial charge is 0.323 e. The van der Waals surface area contributed by atoms with Crippen LogP contribution in [-0.4, -0.2) is 216 Å². The summed E-state index contributed by atoms with van der Waals surface area (Å²) in [4.78, 5) is 54.8. The van der Waals surface area contributed by atoms with Crippen molar-refractivity contribution >= 4 is 24.2 Å². The normalized spacial score (nSPS) is 17.9. The molecule has 0 aliphatic carbocycles. The van der Waals surface area contributed by atoms with Crippen LogP contribution in [0.4, 0.5) is 0 Å². The van der Waals surface area contributed by atoms with Crippen molar-refractivity contribution in [2.45, 2.75) is 50.4 Å². The van der Waals surface area contributed by atoms with Crippen LogP contribution in [0.5, 0.6) is 5.75 Å². The molecule has 18 heteroatoms. The van der Waals surface area contributed by atoms with Gasteiger partial charge in [0.2, 0.25) is 0 Å². The van der Waals surface area contributed by atoms with Crippen molar-refractivity contribution in [1.29, 1.82) is 0 Å². The van der Waals surface area contributed by atoms with Gasteiger partial charge in [0.15, 0.2) is 0 Å². The van der Waals surface area contributed by atoms with E-state index in [1.165, 1.54) is 9.80 Å². The highest BCUT2D eigenvalue weighted by Gasteiger charge is 2.33. The number of hydrogen-bond donors (Lipinski definition) is 7. The molecule has 1 aliphatic heterocycles. The van der Waals surface area contributed by atoms with Gasteiger partial charge in [0, 0.05) is 66.1 Å². The molecule has 1 aliphatic rings. The van der Waals surface area contributed by atoms with Crippen LogP contribution >= 0.6 is 0 Å². The number of aliphatic carboxylic acids is 3. The maximum Gasteiger partial charge on any atom is 0.323 e. The minimum atomic E-state index is -1.33. The molecular weight excluding hydrogens is 700 g/mol. The van der Waals surface area contributed by atoms with Gasteiger partial charge in [-0.2, -0.15) is 0 Å². The molecule has 0 saturated carbocycles. The van der Waals surface area contributed by atoms with E-state index in [1.807, 2.05) is 31.2 Å². The fraction of sp³-hybridized carbons (Fsp3) is 0.714. The number of aliphatic hydroxyl groups is 4. The second-order valence-corrected chi connectivity index (χ2v) is 12.2. The number of carbonyl (C=O) groups is 4. The third-order valence-corrected chi connectivity index (χ3v) is 8.97. The molecule has 0 amide bonds. The van der Waals surface area contributed by atoms with Crippen molar-refractivity contribution in [2.24, 2.45) is 0 Å². The predicted molar refractivity (Wildman–Crippen MR) is 192 cm³/mol. The highest BCUT2D eigenvalue weighted by Crippen LogP contribution is 2.17. The van der Waals surface area contributed by atoms with Crippen LogP contribution in [0.2, 0.25) is 0 Å². The molecule has 4 atom stereocenters. The number of hydrogen-bond acceptors (Lipinski definition) is 15. The second-order valence-electron chi connectivity index (χ2n) is 12.2. The summed E-state index contributed by atoms with van der Waals surface area (Å²) in [5, 5.41) is 66.6. The van der Waals surface area contributed by atoms with Crippen molar-refractivity contribution in [3.05, 3.63) is 29.8 Å². The minimum Gasteiger partial charge on any atom is -0.491 e. The van der Waals surface area contributed by atoms with Crippen LogP contribution in [0, 0.1) is 0 Å². The molecule has 0 spiro atoms. The number of aldehydes is 1. The Morgan fingerprint density at radius 3 is 1.51 bits per heavy atom. The fourth-order valence-electron chi connectivity index (χ4n) is 5.98. The number of aryl methyl sites for hydroxylation is 1. The molecule has 1 heterocycles. The van der Waals surface area contributed by atoms with Crippen LogP contribution < -0.4 is 4.74 Å². The third kappa shape index (κ3) is 17.6. The van der Waals surface area contributed by atoms with E-state index in [2.05, 4.69) is 0 Å². The Morgan fingerprint density at radius 2 is 1.09 bits per heavy atom. The average Bonchev–Trinajstić information content (AvgIpc) is 3.14. The largest absolute Gasteiger partial charge is 0.491 e. The summed E-state index contributed by atoms with van der Waals surface area (Å²) >= 11 is 0. The Morgan fingerprint density at radius 1 is 0.660 bits per heavy atom. The topological polar surface area (TPSA) is 251 Å². The van der Waals surface area contributed by atoms with Gasteiger partial charge < -0.3 is 54.8 Å². The maximum atomic E-state index is 12.7. The second kappa shape index (κ2) is 28.2. The molecule has 4 unspecified atom stereocenters. The quantitative estimate of drug-likeness (QED) is 0.0479. The minimum absolute atomic E-state index is 0.00549. The highest BCUT2D eigenvalue weighted by atomic mass is 16.5. The lowest BCUT2D eigenvalue weighted by Crippen LogP contribution is -2.57. The van der Waals surface area contributed by atoms with Crippen LogP contribution in [-0.2, 0) is 35.1 Å². The summed E-state index contributed by atoms with van der Waals surface area (Å²) in [5.74, 6) is -2.97. The van der Waals surface area contributed by atoms with Gasteiger partial charge in [-0.25, -0.2) is 0 Å². The summed E-state index contributed by atoms with van der Waals surface area (Å²) in [7, 11) is 1.00. The number of rotatable bonds is 23. The summed E-state index contributed by atoms with van der Waals surface area (Å²) in [5.41, 5.74) is 0.988. The fourth-order valence-corrected chi connectivity index (χ4v) is 5.98. The van der Waals surface area contributed by atoms with E-state index in [0.29, 0.717) is 57.9 Å². The van der Waals surface area contributed by atoms with Crippen molar-refractivity contribution in [1.82, 2.24) is 19.6 Å². The number of benzene rings is 1. The van der Waals surface area contributed by atoms with Gasteiger partial charge >= 0.3 is 17.9 Å². The molecule has 304 valence electrons. The zero-order chi connectivity index (χ0) is 39.6. The Kier molecular flexibility index (Phi) is 25.4. The number of carboxylic acid groups (broad SMARTS) is 3. The Bertz CT molecular complexity index is 1160. The van der Waals surface area contributed by atoms with E-state index >= 15 is 0 Å². The van der Waals surface area contributed by atoms with E-state index in [1.54, 1.807) is 9.80 Å². The van der Waals surface area contributed by atoms with Crippen molar-refractivity contribution < 1.29 is 69.1 Å². The van der Waals surface area contributed by atoms with Gasteiger partial charge in [-0.3, -0.25) is 34.0 Å². The zero-order valence-corrected chi connectivity index (χ0v) is 30.9. The lowest BCUT2D eigenvalue weighted by Gasteiger charge is -2.39. The maximum absolute atomic E-state index is 12.7. The summed E-state index contributed by atoms with van der Waals surface area (Å²) in [6.45, 7) is 2.96. The number of nitrogens with zero attached hydrogens (tertiary/aromatic N) is 4. The first-order chi connectivity index (χ1) is 25.6. The van der Waals surface area contributed by atoms with Gasteiger partial charge in [0.05, 0.1) is 45.7 Å². The molecule has 1 fully saturated rings. The predicted octanol–water partition coefficient (Wildman–Crippen LogP) is -1.82. The first-order valence-electron chi connectivity index (χ1n) is 17.8. The lowest BCUT2D eigenvalue weighted by atomic mass is 10.0. The van der Waals surface area contributed by atoms with Crippen LogP contribution in [0.25, 0.3) is 0 Å². The van der Waals surface area contributed by atoms with Crippen molar-refractivity contribution in [3.8, 4) is 5.75 Å². The monoisotopic (exact) mass is 760 g/mol. The Balaban J connectivity index is 0.00000690. The molecule has 7 N–H and O–H groups in total. The van der Waals surface area contributed by atoms with Crippen LogP contribution in [0.1, 0.15) is 25.3 Å². The molecule has 18 nitrogen and oxygen atoms in total. The first kappa shape index (κ1) is 47.7. The van der Waals surface area contributed by atoms with Gasteiger partial charge in [-0.15, -0.1) is 0 Å². The Labute approximate surface area is 311 Å². The number of ether oxygens (including phenoxy) is 3. The zero-order valence-electron chi connectivity index (χ0n) is 30.9. The molecule has 1 aromatic rings. The molecule has 2 rings (SSSR count). The van der Waals surface area contributed by atoms with Crippen LogP contribution in [0.15, 0.2) is 24.3 Å². The summed E-state index contributed by atoms with van der Waals surface area (Å²) in [6, 6.07) is 2.97. The number of aliphatic hydroxyl groups excluding tert-OH is 4. The summed E-state index contributed by atoms with van der Waals surface area (Å²) in [6.07, 6.45) is 1.94. The van der Waals surface area contributed by atoms with E-state index in [9.17, 15) is 49.8 Å². The van der Waals surface area contributed by atoms with E-state index in [-0.39, 0.29) is 58.8 Å². The summed E-state index contributed by atoms with van der Waals surface area (Å²) < 4.78 is 16.4. The van der Waals surface area contributed by atoms with Gasteiger partial charge in [-0.05, 0) is 43.9 Å². The van der Waals surface area contributed by atoms with E-state index in [4.69, 9.17) is 19.3 Å². The van der Waals surface area contributed by atoms with E-state index in [0.717, 1.165) is 12.7 Å². The van der Waals surface area contributed by atoms with Crippen molar-refractivity contribution in [3.63, 3.8) is 0 Å². The molecule has 0 bridgehead atoms. The molecule has 0 aromatic heterocycles. The number of carboxylic acids is 3. The van der Waals surface area contributed by atoms with Crippen molar-refractivity contribution in [2.75, 3.05) is 112 Å².